The van der Waals surface area contributed by atoms with Gasteiger partial charge in [-0.25, -0.2) is 0 Å². The Morgan fingerprint density at radius 3 is 3.21 bits per heavy atom. The smallest absolute Gasteiger partial charge is 0.236 e. The van der Waals surface area contributed by atoms with Crippen LogP contribution in [0.25, 0.3) is 0 Å². The minimum absolute atomic E-state index is 0.0787. The number of nitrogens with one attached hydrogen (secondary N) is 1. The van der Waals surface area contributed by atoms with Gasteiger partial charge in [-0.3, -0.25) is 4.79 Å². The number of nitrogens with zero attached hydrogens (tertiary/aromatic N) is 1. The summed E-state index contributed by atoms with van der Waals surface area (Å²) in [7, 11) is 0. The standard InChI is InChI=1S/C10H10N2O2/c1-2-3-9(13)12-8-6-11-14-10(8)7-4-5-7/h1,6-7H,3-5H2,(H,12,13). The number of aromatic nitrogens is 1. The molecule has 4 heteroatoms. The van der Waals surface area contributed by atoms with E-state index in [2.05, 4.69) is 16.4 Å². The summed E-state index contributed by atoms with van der Waals surface area (Å²) in [5, 5.41) is 6.33. The van der Waals surface area contributed by atoms with Gasteiger partial charge in [0.05, 0.1) is 12.6 Å². The SMILES string of the molecule is C#CCC(=O)Nc1cnoc1C1CC1. The van der Waals surface area contributed by atoms with E-state index in [0.29, 0.717) is 11.6 Å². The molecule has 1 amide bonds. The summed E-state index contributed by atoms with van der Waals surface area (Å²) in [6.07, 6.45) is 8.82. The van der Waals surface area contributed by atoms with Crippen LogP contribution in [-0.4, -0.2) is 11.1 Å². The molecule has 1 fully saturated rings. The summed E-state index contributed by atoms with van der Waals surface area (Å²) in [4.78, 5) is 11.2. The van der Waals surface area contributed by atoms with Gasteiger partial charge in [0.15, 0.2) is 5.76 Å². The number of terminal acetylenes is 1. The summed E-state index contributed by atoms with van der Waals surface area (Å²) in [6, 6.07) is 0. The molecule has 0 aromatic carbocycles. The first-order valence-corrected chi connectivity index (χ1v) is 4.49. The Balaban J connectivity index is 2.05. The monoisotopic (exact) mass is 190 g/mol. The zero-order valence-electron chi connectivity index (χ0n) is 7.62. The van der Waals surface area contributed by atoms with Crippen molar-refractivity contribution in [2.24, 2.45) is 0 Å². The topological polar surface area (TPSA) is 55.1 Å². The summed E-state index contributed by atoms with van der Waals surface area (Å²) in [6.45, 7) is 0. The van der Waals surface area contributed by atoms with E-state index in [4.69, 9.17) is 10.9 Å². The van der Waals surface area contributed by atoms with Crippen LogP contribution in [0.5, 0.6) is 0 Å². The van der Waals surface area contributed by atoms with Gasteiger partial charge in [0.1, 0.15) is 5.69 Å². The fraction of sp³-hybridized carbons (Fsp3) is 0.400. The molecule has 1 aromatic rings. The molecule has 1 aliphatic carbocycles. The van der Waals surface area contributed by atoms with Crippen molar-refractivity contribution in [2.75, 3.05) is 5.32 Å². The van der Waals surface area contributed by atoms with Crippen molar-refractivity contribution in [3.8, 4) is 12.3 Å². The second-order valence-electron chi connectivity index (χ2n) is 3.31. The average Bonchev–Trinajstić information content (AvgIpc) is 2.89. The van der Waals surface area contributed by atoms with Gasteiger partial charge in [-0.15, -0.1) is 6.42 Å². The first-order chi connectivity index (χ1) is 6.81. The number of rotatable bonds is 3. The summed E-state index contributed by atoms with van der Waals surface area (Å²) < 4.78 is 5.05. The Bertz CT molecular complexity index is 385. The predicted octanol–water partition coefficient (Wildman–Crippen LogP) is 1.51. The second kappa shape index (κ2) is 3.54. The molecule has 14 heavy (non-hydrogen) atoms. The highest BCUT2D eigenvalue weighted by atomic mass is 16.5. The Kier molecular flexibility index (Phi) is 2.23. The van der Waals surface area contributed by atoms with Crippen molar-refractivity contribution in [2.45, 2.75) is 25.2 Å². The van der Waals surface area contributed by atoms with E-state index in [1.165, 1.54) is 6.20 Å². The van der Waals surface area contributed by atoms with E-state index in [0.717, 1.165) is 18.6 Å². The fourth-order valence-electron chi connectivity index (χ4n) is 1.27. The van der Waals surface area contributed by atoms with Gasteiger partial charge in [0, 0.05) is 5.92 Å². The van der Waals surface area contributed by atoms with Crippen molar-refractivity contribution < 1.29 is 9.32 Å². The van der Waals surface area contributed by atoms with E-state index in [1.54, 1.807) is 0 Å². The molecule has 4 nitrogen and oxygen atoms in total. The molecule has 72 valence electrons. The summed E-state index contributed by atoms with van der Waals surface area (Å²) >= 11 is 0. The normalized spacial score (nSPS) is 14.8. The number of hydrogen-bond acceptors (Lipinski definition) is 3. The Labute approximate surface area is 81.7 Å². The molecule has 1 aromatic heterocycles. The first-order valence-electron chi connectivity index (χ1n) is 4.49. The second-order valence-corrected chi connectivity index (χ2v) is 3.31. The minimum Gasteiger partial charge on any atom is -0.359 e. The van der Waals surface area contributed by atoms with Gasteiger partial charge >= 0.3 is 0 Å². The molecular formula is C10H10N2O2. The summed E-state index contributed by atoms with van der Waals surface area (Å²) in [5.41, 5.74) is 0.660. The molecule has 0 radical (unpaired) electrons. The van der Waals surface area contributed by atoms with Crippen LogP contribution in [0.15, 0.2) is 10.7 Å². The van der Waals surface area contributed by atoms with Crippen molar-refractivity contribution in [1.82, 2.24) is 5.16 Å². The molecule has 0 atom stereocenters. The highest BCUT2D eigenvalue weighted by Crippen LogP contribution is 2.43. The van der Waals surface area contributed by atoms with E-state index in [9.17, 15) is 4.79 Å². The van der Waals surface area contributed by atoms with Crippen molar-refractivity contribution in [1.29, 1.82) is 0 Å². The predicted molar refractivity (Wildman–Crippen MR) is 50.6 cm³/mol. The van der Waals surface area contributed by atoms with Gasteiger partial charge in [-0.2, -0.15) is 0 Å². The first kappa shape index (κ1) is 8.82. The zero-order chi connectivity index (χ0) is 9.97. The van der Waals surface area contributed by atoms with Crippen LogP contribution in [0.1, 0.15) is 30.9 Å². The third-order valence-electron chi connectivity index (χ3n) is 2.08. The van der Waals surface area contributed by atoms with Crippen LogP contribution in [0.4, 0.5) is 5.69 Å². The van der Waals surface area contributed by atoms with Gasteiger partial charge in [-0.05, 0) is 12.8 Å². The number of carbonyl (C=O) groups excluding carboxylic acids is 1. The highest BCUT2D eigenvalue weighted by Gasteiger charge is 2.30. The molecule has 0 saturated heterocycles. The number of amides is 1. The van der Waals surface area contributed by atoms with Crippen LogP contribution < -0.4 is 5.32 Å². The lowest BCUT2D eigenvalue weighted by Gasteiger charge is -2.00. The zero-order valence-corrected chi connectivity index (χ0v) is 7.62. The van der Waals surface area contributed by atoms with Gasteiger partial charge in [0.25, 0.3) is 0 Å². The molecule has 0 bridgehead atoms. The molecule has 2 rings (SSSR count). The minimum atomic E-state index is -0.197. The van der Waals surface area contributed by atoms with Crippen LogP contribution in [0.2, 0.25) is 0 Å². The fourth-order valence-corrected chi connectivity index (χ4v) is 1.27. The van der Waals surface area contributed by atoms with E-state index in [-0.39, 0.29) is 12.3 Å². The molecule has 1 saturated carbocycles. The molecule has 0 aliphatic heterocycles. The third kappa shape index (κ3) is 1.77. The molecule has 0 unspecified atom stereocenters. The molecule has 1 N–H and O–H groups in total. The molecular weight excluding hydrogens is 180 g/mol. The molecule has 0 spiro atoms. The summed E-state index contributed by atoms with van der Waals surface area (Å²) in [5.74, 6) is 3.29. The highest BCUT2D eigenvalue weighted by molar-refractivity contribution is 5.92. The van der Waals surface area contributed by atoms with Crippen LogP contribution in [-0.2, 0) is 4.79 Å². The van der Waals surface area contributed by atoms with E-state index in [1.807, 2.05) is 0 Å². The number of anilines is 1. The third-order valence-corrected chi connectivity index (χ3v) is 2.08. The maximum Gasteiger partial charge on any atom is 0.236 e. The maximum atomic E-state index is 11.2. The quantitative estimate of drug-likeness (QED) is 0.735. The van der Waals surface area contributed by atoms with Crippen LogP contribution in [0, 0.1) is 12.3 Å². The van der Waals surface area contributed by atoms with Crippen molar-refractivity contribution in [3.05, 3.63) is 12.0 Å². The Morgan fingerprint density at radius 2 is 2.57 bits per heavy atom. The average molecular weight is 190 g/mol. The van der Waals surface area contributed by atoms with Crippen LogP contribution in [0.3, 0.4) is 0 Å². The molecule has 1 aliphatic rings. The Hall–Kier alpha value is -1.76. The number of hydrogen-bond donors (Lipinski definition) is 1. The van der Waals surface area contributed by atoms with Crippen molar-refractivity contribution in [3.63, 3.8) is 0 Å². The largest absolute Gasteiger partial charge is 0.359 e. The number of carbonyl (C=O) groups is 1. The van der Waals surface area contributed by atoms with E-state index >= 15 is 0 Å². The molecule has 1 heterocycles. The van der Waals surface area contributed by atoms with Gasteiger partial charge < -0.3 is 9.84 Å². The lowest BCUT2D eigenvalue weighted by Crippen LogP contribution is -2.10. The van der Waals surface area contributed by atoms with Gasteiger partial charge in [0.2, 0.25) is 5.91 Å². The lowest BCUT2D eigenvalue weighted by molar-refractivity contribution is -0.115. The van der Waals surface area contributed by atoms with Crippen LogP contribution >= 0.6 is 0 Å². The maximum absolute atomic E-state index is 11.2. The van der Waals surface area contributed by atoms with Gasteiger partial charge in [-0.1, -0.05) is 11.1 Å². The Morgan fingerprint density at radius 1 is 1.79 bits per heavy atom. The van der Waals surface area contributed by atoms with Crippen molar-refractivity contribution >= 4 is 11.6 Å². The lowest BCUT2D eigenvalue weighted by atomic mass is 10.2. The van der Waals surface area contributed by atoms with E-state index < -0.39 is 0 Å².